The van der Waals surface area contributed by atoms with Crippen LogP contribution >= 0.6 is 0 Å². The van der Waals surface area contributed by atoms with Crippen LogP contribution in [-0.4, -0.2) is 30.6 Å². The summed E-state index contributed by atoms with van der Waals surface area (Å²) in [6, 6.07) is 4.18. The number of nitrogens with zero attached hydrogens (tertiary/aromatic N) is 1. The lowest BCUT2D eigenvalue weighted by atomic mass is 10.1. The monoisotopic (exact) mass is 268 g/mol. The molecule has 1 atom stereocenters. The third-order valence-electron chi connectivity index (χ3n) is 3.74. The minimum absolute atomic E-state index is 0.173. The predicted molar refractivity (Wildman–Crippen MR) is 73.0 cm³/mol. The largest absolute Gasteiger partial charge is 0.309 e. The second-order valence-corrected chi connectivity index (χ2v) is 5.20. The van der Waals surface area contributed by atoms with Crippen molar-refractivity contribution in [2.45, 2.75) is 38.8 Å². The quantitative estimate of drug-likeness (QED) is 0.817. The summed E-state index contributed by atoms with van der Waals surface area (Å²) < 4.78 is 26.7. The summed E-state index contributed by atoms with van der Waals surface area (Å²) in [6.07, 6.45) is 2.59. The van der Waals surface area contributed by atoms with Gasteiger partial charge in [0.25, 0.3) is 0 Å². The number of hydrogen-bond acceptors (Lipinski definition) is 2. The highest BCUT2D eigenvalue weighted by molar-refractivity contribution is 5.21. The Bertz CT molecular complexity index is 419. The maximum absolute atomic E-state index is 13.6. The van der Waals surface area contributed by atoms with Crippen LogP contribution < -0.4 is 5.32 Å². The summed E-state index contributed by atoms with van der Waals surface area (Å²) in [7, 11) is 0. The van der Waals surface area contributed by atoms with E-state index in [0.717, 1.165) is 31.7 Å². The summed E-state index contributed by atoms with van der Waals surface area (Å²) in [5, 5.41) is 3.27. The molecule has 1 aromatic rings. The Morgan fingerprint density at radius 3 is 2.74 bits per heavy atom. The molecule has 0 radical (unpaired) electrons. The van der Waals surface area contributed by atoms with Gasteiger partial charge in [-0.05, 0) is 44.5 Å². The van der Waals surface area contributed by atoms with Gasteiger partial charge in [-0.25, -0.2) is 8.78 Å². The summed E-state index contributed by atoms with van der Waals surface area (Å²) in [5.74, 6) is -0.742. The first-order chi connectivity index (χ1) is 9.11. The third-order valence-corrected chi connectivity index (χ3v) is 3.74. The van der Waals surface area contributed by atoms with Crippen LogP contribution in [0.15, 0.2) is 18.2 Å². The molecular formula is C15H22F2N2. The molecule has 106 valence electrons. The highest BCUT2D eigenvalue weighted by Gasteiger charge is 2.27. The van der Waals surface area contributed by atoms with E-state index in [9.17, 15) is 8.78 Å². The van der Waals surface area contributed by atoms with Crippen molar-refractivity contribution in [2.75, 3.05) is 19.6 Å². The fraction of sp³-hybridized carbons (Fsp3) is 0.600. The summed E-state index contributed by atoms with van der Waals surface area (Å²) in [4.78, 5) is 2.43. The molecule has 1 unspecified atom stereocenters. The molecule has 1 aliphatic carbocycles. The van der Waals surface area contributed by atoms with E-state index in [1.165, 1.54) is 25.0 Å². The van der Waals surface area contributed by atoms with Crippen molar-refractivity contribution >= 4 is 0 Å². The fourth-order valence-electron chi connectivity index (χ4n) is 2.42. The van der Waals surface area contributed by atoms with E-state index in [0.29, 0.717) is 5.56 Å². The van der Waals surface area contributed by atoms with Crippen molar-refractivity contribution in [1.82, 2.24) is 10.2 Å². The summed E-state index contributed by atoms with van der Waals surface area (Å²) in [5.41, 5.74) is 0.398. The van der Waals surface area contributed by atoms with E-state index in [4.69, 9.17) is 0 Å². The zero-order valence-corrected chi connectivity index (χ0v) is 11.6. The number of likely N-dealkylation sites (N-methyl/N-ethyl adjacent to an activating group) is 1. The van der Waals surface area contributed by atoms with E-state index in [1.807, 2.05) is 6.92 Å². The number of hydrogen-bond donors (Lipinski definition) is 1. The third kappa shape index (κ3) is 3.98. The highest BCUT2D eigenvalue weighted by atomic mass is 19.1. The Labute approximate surface area is 113 Å². The van der Waals surface area contributed by atoms with Crippen LogP contribution in [0.1, 0.15) is 38.3 Å². The number of rotatable bonds is 7. The molecular weight excluding hydrogens is 246 g/mol. The Morgan fingerprint density at radius 1 is 1.37 bits per heavy atom. The van der Waals surface area contributed by atoms with Gasteiger partial charge in [0.15, 0.2) is 0 Å². The lowest BCUT2D eigenvalue weighted by Gasteiger charge is -2.22. The molecule has 0 aliphatic heterocycles. The van der Waals surface area contributed by atoms with E-state index in [-0.39, 0.29) is 11.9 Å². The second-order valence-electron chi connectivity index (χ2n) is 5.20. The molecule has 0 spiro atoms. The molecule has 0 amide bonds. The van der Waals surface area contributed by atoms with Crippen molar-refractivity contribution in [3.63, 3.8) is 0 Å². The molecule has 0 aromatic heterocycles. The van der Waals surface area contributed by atoms with Gasteiger partial charge in [0.2, 0.25) is 0 Å². The SMILES string of the molecule is CCN(CCNC(C)c1cc(F)ccc1F)C1CC1. The van der Waals surface area contributed by atoms with E-state index >= 15 is 0 Å². The van der Waals surface area contributed by atoms with Crippen LogP contribution in [-0.2, 0) is 0 Å². The molecule has 2 nitrogen and oxygen atoms in total. The Balaban J connectivity index is 1.83. The van der Waals surface area contributed by atoms with E-state index in [1.54, 1.807) is 0 Å². The van der Waals surface area contributed by atoms with Gasteiger partial charge >= 0.3 is 0 Å². The van der Waals surface area contributed by atoms with Gasteiger partial charge in [-0.3, -0.25) is 4.90 Å². The van der Waals surface area contributed by atoms with Crippen LogP contribution in [0.3, 0.4) is 0 Å². The van der Waals surface area contributed by atoms with E-state index in [2.05, 4.69) is 17.1 Å². The summed E-state index contributed by atoms with van der Waals surface area (Å²) in [6.45, 7) is 6.83. The molecule has 19 heavy (non-hydrogen) atoms. The molecule has 4 heteroatoms. The first-order valence-corrected chi connectivity index (χ1v) is 7.04. The van der Waals surface area contributed by atoms with Gasteiger partial charge in [0, 0.05) is 30.7 Å². The van der Waals surface area contributed by atoms with Crippen molar-refractivity contribution in [3.8, 4) is 0 Å². The van der Waals surface area contributed by atoms with Gasteiger partial charge in [0.05, 0.1) is 0 Å². The molecule has 0 heterocycles. The van der Waals surface area contributed by atoms with Crippen molar-refractivity contribution in [3.05, 3.63) is 35.4 Å². The van der Waals surface area contributed by atoms with Crippen molar-refractivity contribution < 1.29 is 8.78 Å². The Hall–Kier alpha value is -1.00. The highest BCUT2D eigenvalue weighted by Crippen LogP contribution is 2.26. The lowest BCUT2D eigenvalue weighted by Crippen LogP contribution is -2.34. The molecule has 1 saturated carbocycles. The van der Waals surface area contributed by atoms with Gasteiger partial charge < -0.3 is 5.32 Å². The van der Waals surface area contributed by atoms with Crippen LogP contribution in [0.4, 0.5) is 8.78 Å². The number of benzene rings is 1. The molecule has 0 bridgehead atoms. The predicted octanol–water partition coefficient (Wildman–Crippen LogP) is 3.10. The molecule has 1 aliphatic rings. The maximum atomic E-state index is 13.6. The number of nitrogens with one attached hydrogen (secondary N) is 1. The van der Waals surface area contributed by atoms with E-state index < -0.39 is 5.82 Å². The first-order valence-electron chi connectivity index (χ1n) is 7.04. The average molecular weight is 268 g/mol. The second kappa shape index (κ2) is 6.44. The Kier molecular flexibility index (Phi) is 4.88. The zero-order valence-electron chi connectivity index (χ0n) is 11.6. The van der Waals surface area contributed by atoms with Gasteiger partial charge in [-0.2, -0.15) is 0 Å². The molecule has 0 saturated heterocycles. The van der Waals surface area contributed by atoms with Crippen LogP contribution in [0.25, 0.3) is 0 Å². The van der Waals surface area contributed by atoms with Gasteiger partial charge in [-0.15, -0.1) is 0 Å². The lowest BCUT2D eigenvalue weighted by molar-refractivity contribution is 0.273. The summed E-state index contributed by atoms with van der Waals surface area (Å²) >= 11 is 0. The minimum Gasteiger partial charge on any atom is -0.309 e. The molecule has 1 N–H and O–H groups in total. The standard InChI is InChI=1S/C15H22F2N2/c1-3-19(13-5-6-13)9-8-18-11(2)14-10-12(16)4-7-15(14)17/h4,7,10-11,13,18H,3,5-6,8-9H2,1-2H3. The fourth-order valence-corrected chi connectivity index (χ4v) is 2.42. The smallest absolute Gasteiger partial charge is 0.128 e. The zero-order chi connectivity index (χ0) is 13.8. The first kappa shape index (κ1) is 14.4. The van der Waals surface area contributed by atoms with Crippen LogP contribution in [0.2, 0.25) is 0 Å². The van der Waals surface area contributed by atoms with Gasteiger partial charge in [0.1, 0.15) is 11.6 Å². The van der Waals surface area contributed by atoms with Gasteiger partial charge in [-0.1, -0.05) is 6.92 Å². The number of halogens is 2. The average Bonchev–Trinajstić information content (AvgIpc) is 3.21. The molecule has 2 rings (SSSR count). The van der Waals surface area contributed by atoms with Crippen LogP contribution in [0, 0.1) is 11.6 Å². The van der Waals surface area contributed by atoms with Crippen molar-refractivity contribution in [1.29, 1.82) is 0 Å². The normalized spacial score (nSPS) is 16.9. The molecule has 1 aromatic carbocycles. The van der Waals surface area contributed by atoms with Crippen molar-refractivity contribution in [2.24, 2.45) is 0 Å². The Morgan fingerprint density at radius 2 is 2.11 bits per heavy atom. The maximum Gasteiger partial charge on any atom is 0.128 e. The van der Waals surface area contributed by atoms with Crippen LogP contribution in [0.5, 0.6) is 0 Å². The minimum atomic E-state index is -0.391. The topological polar surface area (TPSA) is 15.3 Å². The molecule has 1 fully saturated rings.